The van der Waals surface area contributed by atoms with Crippen LogP contribution < -0.4 is 9.47 Å². The van der Waals surface area contributed by atoms with Gasteiger partial charge in [-0.2, -0.15) is 13.2 Å². The third-order valence-corrected chi connectivity index (χ3v) is 8.92. The van der Waals surface area contributed by atoms with Crippen molar-refractivity contribution in [2.45, 2.75) is 141 Å². The van der Waals surface area contributed by atoms with E-state index in [0.717, 1.165) is 44.5 Å². The fourth-order valence-electron chi connectivity index (χ4n) is 6.03. The molecule has 0 aromatic heterocycles. The number of rotatable bonds is 20. The Kier molecular flexibility index (Phi) is 16.5. The van der Waals surface area contributed by atoms with Gasteiger partial charge in [0.2, 0.25) is 0 Å². The molecule has 1 aliphatic carbocycles. The van der Waals surface area contributed by atoms with Gasteiger partial charge in [-0.25, -0.2) is 4.79 Å². The Hall–Kier alpha value is -3.03. The van der Waals surface area contributed by atoms with E-state index in [9.17, 15) is 22.8 Å². The van der Waals surface area contributed by atoms with Crippen LogP contribution in [0.25, 0.3) is 0 Å². The third kappa shape index (κ3) is 13.4. The van der Waals surface area contributed by atoms with Crippen LogP contribution in [0.3, 0.4) is 0 Å². The first-order valence-corrected chi connectivity index (χ1v) is 17.5. The van der Waals surface area contributed by atoms with Crippen LogP contribution in [-0.2, 0) is 9.53 Å². The topological polar surface area (TPSA) is 61.8 Å². The van der Waals surface area contributed by atoms with E-state index >= 15 is 0 Å². The summed E-state index contributed by atoms with van der Waals surface area (Å²) in [6.07, 6.45) is 9.07. The molecule has 5 nitrogen and oxygen atoms in total. The molecular weight excluding hydrogens is 593 g/mol. The van der Waals surface area contributed by atoms with Gasteiger partial charge in [-0.1, -0.05) is 90.2 Å². The van der Waals surface area contributed by atoms with E-state index in [-0.39, 0.29) is 29.6 Å². The molecule has 1 fully saturated rings. The lowest BCUT2D eigenvalue weighted by molar-refractivity contribution is -0.206. The summed E-state index contributed by atoms with van der Waals surface area (Å²) < 4.78 is 56.5. The Labute approximate surface area is 273 Å². The van der Waals surface area contributed by atoms with Crippen LogP contribution >= 0.6 is 0 Å². The van der Waals surface area contributed by atoms with Crippen molar-refractivity contribution in [3.8, 4) is 11.5 Å². The van der Waals surface area contributed by atoms with E-state index in [1.54, 1.807) is 0 Å². The molecule has 0 N–H and O–H groups in total. The quantitative estimate of drug-likeness (QED) is 0.0814. The molecule has 0 aliphatic heterocycles. The Morgan fingerprint density at radius 2 is 1.26 bits per heavy atom. The number of carbonyl (C=O) groups is 2. The molecule has 1 saturated carbocycles. The number of esters is 2. The van der Waals surface area contributed by atoms with Gasteiger partial charge in [-0.05, 0) is 92.8 Å². The van der Waals surface area contributed by atoms with Crippen molar-refractivity contribution >= 4 is 11.9 Å². The standard InChI is InChI=1S/C38H53F3O5/c1-3-5-7-9-10-11-12-14-28-44-33-24-20-30(21-25-33)29-16-18-31(19-17-29)36(42)45-34-26-22-32(23-27-34)37(43)46-35(38(39,40)41)15-13-8-6-4-2/h20-27,29,31,35H,3-19,28H2,1-2H3/t29-,31-,35?. The molecule has 46 heavy (non-hydrogen) atoms. The molecule has 0 spiro atoms. The maximum Gasteiger partial charge on any atom is 0.425 e. The van der Waals surface area contributed by atoms with Crippen LogP contribution in [-0.4, -0.2) is 30.8 Å². The second kappa shape index (κ2) is 20.3. The van der Waals surface area contributed by atoms with E-state index in [1.165, 1.54) is 74.8 Å². The highest BCUT2D eigenvalue weighted by molar-refractivity contribution is 5.89. The molecule has 1 unspecified atom stereocenters. The normalized spacial score (nSPS) is 17.3. The number of carbonyl (C=O) groups excluding carboxylic acids is 2. The number of alkyl halides is 3. The number of ether oxygens (including phenoxy) is 3. The Balaban J connectivity index is 1.37. The summed E-state index contributed by atoms with van der Waals surface area (Å²) >= 11 is 0. The summed E-state index contributed by atoms with van der Waals surface area (Å²) in [6, 6.07) is 13.8. The van der Waals surface area contributed by atoms with Crippen molar-refractivity contribution in [2.75, 3.05) is 6.61 Å². The van der Waals surface area contributed by atoms with Gasteiger partial charge in [0.1, 0.15) is 11.5 Å². The zero-order valence-electron chi connectivity index (χ0n) is 27.8. The van der Waals surface area contributed by atoms with E-state index < -0.39 is 18.2 Å². The molecule has 256 valence electrons. The minimum absolute atomic E-state index is 0.0206. The van der Waals surface area contributed by atoms with Crippen molar-refractivity contribution < 1.29 is 37.0 Å². The van der Waals surface area contributed by atoms with Crippen molar-refractivity contribution in [1.82, 2.24) is 0 Å². The predicted molar refractivity (Wildman–Crippen MR) is 175 cm³/mol. The number of unbranched alkanes of at least 4 members (excludes halogenated alkanes) is 10. The van der Waals surface area contributed by atoms with Gasteiger partial charge < -0.3 is 14.2 Å². The van der Waals surface area contributed by atoms with Crippen LogP contribution in [0, 0.1) is 5.92 Å². The lowest BCUT2D eigenvalue weighted by Crippen LogP contribution is -2.33. The van der Waals surface area contributed by atoms with Gasteiger partial charge in [0, 0.05) is 0 Å². The van der Waals surface area contributed by atoms with Gasteiger partial charge in [0.25, 0.3) is 0 Å². The molecule has 3 rings (SSSR count). The third-order valence-electron chi connectivity index (χ3n) is 8.92. The van der Waals surface area contributed by atoms with Gasteiger partial charge in [-0.3, -0.25) is 4.79 Å². The lowest BCUT2D eigenvalue weighted by atomic mass is 9.79. The monoisotopic (exact) mass is 646 g/mol. The molecule has 8 heteroatoms. The first-order valence-electron chi connectivity index (χ1n) is 17.5. The molecule has 0 amide bonds. The van der Waals surface area contributed by atoms with Gasteiger partial charge in [0.05, 0.1) is 18.1 Å². The van der Waals surface area contributed by atoms with Crippen molar-refractivity contribution in [2.24, 2.45) is 5.92 Å². The summed E-state index contributed by atoms with van der Waals surface area (Å²) in [5, 5.41) is 0. The summed E-state index contributed by atoms with van der Waals surface area (Å²) in [7, 11) is 0. The van der Waals surface area contributed by atoms with Crippen molar-refractivity contribution in [1.29, 1.82) is 0 Å². The second-order valence-electron chi connectivity index (χ2n) is 12.7. The smallest absolute Gasteiger partial charge is 0.425 e. The molecule has 0 heterocycles. The molecule has 1 atom stereocenters. The SMILES string of the molecule is CCCCCCCCCCOc1ccc([C@H]2CC[C@H](C(=O)Oc3ccc(C(=O)OC(CCCCCC)C(F)(F)F)cc3)CC2)cc1. The first-order chi connectivity index (χ1) is 22.2. The highest BCUT2D eigenvalue weighted by atomic mass is 19.4. The average Bonchev–Trinajstić information content (AvgIpc) is 3.05. The van der Waals surface area contributed by atoms with Gasteiger partial charge >= 0.3 is 18.1 Å². The summed E-state index contributed by atoms with van der Waals surface area (Å²) in [5.74, 6) is -0.0810. The van der Waals surface area contributed by atoms with Crippen LogP contribution in [0.5, 0.6) is 11.5 Å². The van der Waals surface area contributed by atoms with E-state index in [0.29, 0.717) is 31.6 Å². The Morgan fingerprint density at radius 3 is 1.85 bits per heavy atom. The minimum Gasteiger partial charge on any atom is -0.494 e. The van der Waals surface area contributed by atoms with Crippen LogP contribution in [0.15, 0.2) is 48.5 Å². The molecule has 2 aromatic carbocycles. The second-order valence-corrected chi connectivity index (χ2v) is 12.7. The zero-order chi connectivity index (χ0) is 33.2. The molecule has 0 bridgehead atoms. The van der Waals surface area contributed by atoms with Crippen LogP contribution in [0.4, 0.5) is 13.2 Å². The summed E-state index contributed by atoms with van der Waals surface area (Å²) in [6.45, 7) is 4.96. The highest BCUT2D eigenvalue weighted by Gasteiger charge is 2.42. The minimum atomic E-state index is -4.62. The van der Waals surface area contributed by atoms with E-state index in [4.69, 9.17) is 14.2 Å². The number of hydrogen-bond acceptors (Lipinski definition) is 5. The van der Waals surface area contributed by atoms with Crippen molar-refractivity contribution in [3.05, 3.63) is 59.7 Å². The molecule has 1 aliphatic rings. The Morgan fingerprint density at radius 1 is 0.717 bits per heavy atom. The summed E-state index contributed by atoms with van der Waals surface area (Å²) in [5.41, 5.74) is 1.23. The maximum absolute atomic E-state index is 13.4. The Bertz CT molecular complexity index is 1140. The fourth-order valence-corrected chi connectivity index (χ4v) is 6.03. The maximum atomic E-state index is 13.4. The fraction of sp³-hybridized carbons (Fsp3) is 0.632. The first kappa shape index (κ1) is 37.4. The zero-order valence-corrected chi connectivity index (χ0v) is 27.8. The van der Waals surface area contributed by atoms with E-state index in [2.05, 4.69) is 19.1 Å². The molecule has 0 saturated heterocycles. The van der Waals surface area contributed by atoms with E-state index in [1.807, 2.05) is 19.1 Å². The number of halogens is 3. The van der Waals surface area contributed by atoms with Crippen molar-refractivity contribution in [3.63, 3.8) is 0 Å². The molecular formula is C38H53F3O5. The summed E-state index contributed by atoms with van der Waals surface area (Å²) in [4.78, 5) is 25.3. The lowest BCUT2D eigenvalue weighted by Gasteiger charge is -2.27. The largest absolute Gasteiger partial charge is 0.494 e. The predicted octanol–water partition coefficient (Wildman–Crippen LogP) is 11.1. The van der Waals surface area contributed by atoms with Gasteiger partial charge in [0.15, 0.2) is 6.10 Å². The van der Waals surface area contributed by atoms with Gasteiger partial charge in [-0.15, -0.1) is 0 Å². The number of benzene rings is 2. The average molecular weight is 647 g/mol. The van der Waals surface area contributed by atoms with Crippen LogP contribution in [0.1, 0.15) is 145 Å². The van der Waals surface area contributed by atoms with Crippen LogP contribution in [0.2, 0.25) is 0 Å². The molecule has 2 aromatic rings. The molecule has 0 radical (unpaired) electrons. The highest BCUT2D eigenvalue weighted by Crippen LogP contribution is 2.37. The number of hydrogen-bond donors (Lipinski definition) is 0.